The summed E-state index contributed by atoms with van der Waals surface area (Å²) in [6.07, 6.45) is 3.01. The molecule has 0 spiro atoms. The largest absolute Gasteiger partial charge is 0.490 e. The number of nitrogens with one attached hydrogen (secondary N) is 1. The molecule has 0 bridgehead atoms. The summed E-state index contributed by atoms with van der Waals surface area (Å²) in [7, 11) is 0. The van der Waals surface area contributed by atoms with Gasteiger partial charge < -0.3 is 10.1 Å². The Morgan fingerprint density at radius 3 is 2.69 bits per heavy atom. The summed E-state index contributed by atoms with van der Waals surface area (Å²) in [6, 6.07) is 18.2. The highest BCUT2D eigenvalue weighted by atomic mass is 16.5. The summed E-state index contributed by atoms with van der Waals surface area (Å²) in [6.45, 7) is 2.00. The predicted octanol–water partition coefficient (Wildman–Crippen LogP) is 5.18. The van der Waals surface area contributed by atoms with Crippen LogP contribution in [0.1, 0.15) is 31.4 Å². The first-order valence-electron chi connectivity index (χ1n) is 9.09. The Balaban J connectivity index is 1.55. The van der Waals surface area contributed by atoms with Crippen LogP contribution in [0.5, 0.6) is 5.75 Å². The van der Waals surface area contributed by atoms with Crippen molar-refractivity contribution < 1.29 is 9.53 Å². The van der Waals surface area contributed by atoms with Gasteiger partial charge in [0.1, 0.15) is 11.5 Å². The maximum atomic E-state index is 11.4. The van der Waals surface area contributed by atoms with Crippen molar-refractivity contribution in [3.05, 3.63) is 60.3 Å². The van der Waals surface area contributed by atoms with Gasteiger partial charge in [-0.15, -0.1) is 0 Å². The Kier molecular flexibility index (Phi) is 4.57. The van der Waals surface area contributed by atoms with Crippen molar-refractivity contribution in [2.45, 2.75) is 38.7 Å². The number of ketones is 1. The fraction of sp³-hybridized carbons (Fsp3) is 0.273. The van der Waals surface area contributed by atoms with Gasteiger partial charge in [-0.05, 0) is 44.0 Å². The number of rotatable bonds is 4. The summed E-state index contributed by atoms with van der Waals surface area (Å²) < 4.78 is 6.09. The fourth-order valence-corrected chi connectivity index (χ4v) is 3.44. The van der Waals surface area contributed by atoms with E-state index >= 15 is 0 Å². The molecule has 1 saturated carbocycles. The molecule has 3 aromatic rings. The van der Waals surface area contributed by atoms with Crippen molar-refractivity contribution in [3.63, 3.8) is 0 Å². The van der Waals surface area contributed by atoms with Gasteiger partial charge in [-0.1, -0.05) is 24.3 Å². The SMILES string of the molecule is Cc1cc(Nc2cccc(OC3CCC(=O)CC3)c2)c2ccccc2n1. The molecule has 132 valence electrons. The molecule has 26 heavy (non-hydrogen) atoms. The van der Waals surface area contributed by atoms with E-state index in [1.807, 2.05) is 49.4 Å². The van der Waals surface area contributed by atoms with E-state index in [0.717, 1.165) is 46.6 Å². The zero-order chi connectivity index (χ0) is 17.9. The Morgan fingerprint density at radius 1 is 1.04 bits per heavy atom. The molecule has 1 N–H and O–H groups in total. The molecular formula is C22H22N2O2. The molecule has 2 aromatic carbocycles. The molecule has 4 nitrogen and oxygen atoms in total. The van der Waals surface area contributed by atoms with Crippen LogP contribution in [-0.2, 0) is 4.79 Å². The highest BCUT2D eigenvalue weighted by Crippen LogP contribution is 2.29. The third kappa shape index (κ3) is 3.69. The van der Waals surface area contributed by atoms with Crippen molar-refractivity contribution in [2.24, 2.45) is 0 Å². The van der Waals surface area contributed by atoms with Gasteiger partial charge in [0, 0.05) is 41.4 Å². The molecule has 1 fully saturated rings. The van der Waals surface area contributed by atoms with Crippen LogP contribution < -0.4 is 10.1 Å². The number of nitrogens with zero attached hydrogens (tertiary/aromatic N) is 1. The molecule has 1 aromatic heterocycles. The first-order chi connectivity index (χ1) is 12.7. The van der Waals surface area contributed by atoms with Crippen LogP contribution in [0, 0.1) is 6.92 Å². The average molecular weight is 346 g/mol. The second kappa shape index (κ2) is 7.16. The third-order valence-corrected chi connectivity index (χ3v) is 4.75. The molecule has 0 atom stereocenters. The number of ether oxygens (including phenoxy) is 1. The number of hydrogen-bond acceptors (Lipinski definition) is 4. The standard InChI is InChI=1S/C22H22N2O2/c1-15-13-22(20-7-2-3-8-21(20)23-15)24-16-5-4-6-19(14-16)26-18-11-9-17(25)10-12-18/h2-8,13-14,18H,9-12H2,1H3,(H,23,24). The van der Waals surface area contributed by atoms with Gasteiger partial charge in [0.2, 0.25) is 0 Å². The second-order valence-electron chi connectivity index (χ2n) is 6.84. The number of para-hydroxylation sites is 1. The van der Waals surface area contributed by atoms with Crippen molar-refractivity contribution in [3.8, 4) is 5.75 Å². The van der Waals surface area contributed by atoms with Crippen LogP contribution in [0.15, 0.2) is 54.6 Å². The molecule has 1 aliphatic carbocycles. The smallest absolute Gasteiger partial charge is 0.133 e. The van der Waals surface area contributed by atoms with E-state index in [1.165, 1.54) is 0 Å². The number of fused-ring (bicyclic) bond motifs is 1. The average Bonchev–Trinajstić information content (AvgIpc) is 2.64. The summed E-state index contributed by atoms with van der Waals surface area (Å²) in [5, 5.41) is 4.59. The summed E-state index contributed by atoms with van der Waals surface area (Å²) in [5.74, 6) is 1.18. The zero-order valence-corrected chi connectivity index (χ0v) is 14.9. The normalized spacial score (nSPS) is 15.2. The van der Waals surface area contributed by atoms with Crippen LogP contribution in [0.3, 0.4) is 0 Å². The Bertz CT molecular complexity index is 942. The number of aryl methyl sites for hydroxylation is 1. The Hall–Kier alpha value is -2.88. The molecule has 0 radical (unpaired) electrons. The van der Waals surface area contributed by atoms with E-state index in [9.17, 15) is 4.79 Å². The molecule has 0 saturated heterocycles. The van der Waals surface area contributed by atoms with Crippen LogP contribution in [0.4, 0.5) is 11.4 Å². The van der Waals surface area contributed by atoms with Crippen molar-refractivity contribution in [2.75, 3.05) is 5.32 Å². The lowest BCUT2D eigenvalue weighted by molar-refractivity contribution is -0.121. The number of pyridine rings is 1. The highest BCUT2D eigenvalue weighted by molar-refractivity contribution is 5.93. The van der Waals surface area contributed by atoms with Crippen molar-refractivity contribution in [1.29, 1.82) is 0 Å². The minimum atomic E-state index is 0.131. The fourth-order valence-electron chi connectivity index (χ4n) is 3.44. The van der Waals surface area contributed by atoms with E-state index in [1.54, 1.807) is 0 Å². The molecule has 4 heteroatoms. The number of carbonyl (C=O) groups is 1. The summed E-state index contributed by atoms with van der Waals surface area (Å²) in [5.41, 5.74) is 3.97. The van der Waals surface area contributed by atoms with Gasteiger partial charge in [-0.25, -0.2) is 0 Å². The second-order valence-corrected chi connectivity index (χ2v) is 6.84. The maximum absolute atomic E-state index is 11.4. The lowest BCUT2D eigenvalue weighted by atomic mass is 9.96. The first-order valence-corrected chi connectivity index (χ1v) is 9.09. The topological polar surface area (TPSA) is 51.2 Å². The number of anilines is 2. The van der Waals surface area contributed by atoms with Crippen LogP contribution in [0.2, 0.25) is 0 Å². The quantitative estimate of drug-likeness (QED) is 0.707. The minimum absolute atomic E-state index is 0.131. The van der Waals surface area contributed by atoms with Crippen LogP contribution >= 0.6 is 0 Å². The summed E-state index contributed by atoms with van der Waals surface area (Å²) in [4.78, 5) is 16.0. The molecule has 0 aliphatic heterocycles. The van der Waals surface area contributed by atoms with Crippen LogP contribution in [0.25, 0.3) is 10.9 Å². The van der Waals surface area contributed by atoms with Gasteiger partial charge in [0.15, 0.2) is 0 Å². The monoisotopic (exact) mass is 346 g/mol. The van der Waals surface area contributed by atoms with E-state index in [2.05, 4.69) is 22.4 Å². The molecule has 0 unspecified atom stereocenters. The van der Waals surface area contributed by atoms with Gasteiger partial charge in [-0.2, -0.15) is 0 Å². The van der Waals surface area contributed by atoms with E-state index in [-0.39, 0.29) is 6.10 Å². The minimum Gasteiger partial charge on any atom is -0.490 e. The van der Waals surface area contributed by atoms with Crippen molar-refractivity contribution >= 4 is 28.1 Å². The molecular weight excluding hydrogens is 324 g/mol. The zero-order valence-electron chi connectivity index (χ0n) is 14.9. The predicted molar refractivity (Wildman–Crippen MR) is 104 cm³/mol. The van der Waals surface area contributed by atoms with Gasteiger partial charge in [-0.3, -0.25) is 9.78 Å². The Morgan fingerprint density at radius 2 is 1.85 bits per heavy atom. The number of benzene rings is 2. The number of hydrogen-bond donors (Lipinski definition) is 1. The van der Waals surface area contributed by atoms with E-state index in [4.69, 9.17) is 4.74 Å². The number of aromatic nitrogens is 1. The highest BCUT2D eigenvalue weighted by Gasteiger charge is 2.20. The number of carbonyl (C=O) groups excluding carboxylic acids is 1. The molecule has 1 aliphatic rings. The summed E-state index contributed by atoms with van der Waals surface area (Å²) >= 11 is 0. The maximum Gasteiger partial charge on any atom is 0.133 e. The Labute approximate surface area is 153 Å². The van der Waals surface area contributed by atoms with Crippen molar-refractivity contribution in [1.82, 2.24) is 4.98 Å². The number of Topliss-reactive ketones (excluding diaryl/α,β-unsaturated/α-hetero) is 1. The van der Waals surface area contributed by atoms with Gasteiger partial charge >= 0.3 is 0 Å². The van der Waals surface area contributed by atoms with Crippen LogP contribution in [-0.4, -0.2) is 16.9 Å². The molecule has 1 heterocycles. The third-order valence-electron chi connectivity index (χ3n) is 4.75. The first kappa shape index (κ1) is 16.6. The lowest BCUT2D eigenvalue weighted by Gasteiger charge is -2.22. The molecule has 4 rings (SSSR count). The van der Waals surface area contributed by atoms with Gasteiger partial charge in [0.25, 0.3) is 0 Å². The van der Waals surface area contributed by atoms with Gasteiger partial charge in [0.05, 0.1) is 11.6 Å². The van der Waals surface area contributed by atoms with E-state index in [0.29, 0.717) is 18.6 Å². The lowest BCUT2D eigenvalue weighted by Crippen LogP contribution is -2.23. The van der Waals surface area contributed by atoms with E-state index < -0.39 is 0 Å². The molecule has 0 amide bonds.